The topological polar surface area (TPSA) is 50.2 Å². The van der Waals surface area contributed by atoms with Crippen LogP contribution in [0.25, 0.3) is 11.0 Å². The lowest BCUT2D eigenvalue weighted by Crippen LogP contribution is -2.05. The van der Waals surface area contributed by atoms with Crippen molar-refractivity contribution in [1.29, 1.82) is 0 Å². The summed E-state index contributed by atoms with van der Waals surface area (Å²) >= 11 is 0. The number of alkyl halides is 3. The monoisotopic (exact) mass is 316 g/mol. The molecule has 4 nitrogen and oxygen atoms in total. The molecule has 0 aliphatic carbocycles. The summed E-state index contributed by atoms with van der Waals surface area (Å²) in [5, 5.41) is 3.95. The van der Waals surface area contributed by atoms with Gasteiger partial charge in [-0.15, -0.1) is 0 Å². The highest BCUT2D eigenvalue weighted by molar-refractivity contribution is 5.86. The molecule has 1 heterocycles. The van der Waals surface area contributed by atoms with Crippen LogP contribution >= 0.6 is 0 Å². The van der Waals surface area contributed by atoms with Crippen molar-refractivity contribution in [3.8, 4) is 0 Å². The molecule has 2 aromatic carbocycles. The fraction of sp³-hybridized carbons (Fsp3) is 0.0625. The zero-order chi connectivity index (χ0) is 16.3. The zero-order valence-corrected chi connectivity index (χ0v) is 11.7. The third kappa shape index (κ3) is 3.63. The van der Waals surface area contributed by atoms with E-state index >= 15 is 0 Å². The number of hydrogen-bond acceptors (Lipinski definition) is 4. The molecular weight excluding hydrogens is 305 g/mol. The lowest BCUT2D eigenvalue weighted by atomic mass is 10.2. The van der Waals surface area contributed by atoms with Gasteiger partial charge >= 0.3 is 6.18 Å². The molecule has 0 saturated heterocycles. The molecule has 0 atom stereocenters. The molecule has 0 radical (unpaired) electrons. The Hall–Kier alpha value is -2.96. The second-order valence-electron chi connectivity index (χ2n) is 4.75. The molecule has 116 valence electrons. The predicted octanol–water partition coefficient (Wildman–Crippen LogP) is 4.09. The minimum Gasteiger partial charge on any atom is -0.278 e. The first-order valence-corrected chi connectivity index (χ1v) is 6.69. The average Bonchev–Trinajstić information content (AvgIpc) is 2.54. The van der Waals surface area contributed by atoms with Gasteiger partial charge in [-0.05, 0) is 35.9 Å². The van der Waals surface area contributed by atoms with E-state index in [9.17, 15) is 13.2 Å². The molecule has 1 aromatic heterocycles. The Morgan fingerprint density at radius 1 is 0.957 bits per heavy atom. The third-order valence-corrected chi connectivity index (χ3v) is 3.09. The van der Waals surface area contributed by atoms with Gasteiger partial charge < -0.3 is 0 Å². The van der Waals surface area contributed by atoms with Gasteiger partial charge in [0, 0.05) is 12.4 Å². The van der Waals surface area contributed by atoms with E-state index in [1.54, 1.807) is 30.6 Å². The summed E-state index contributed by atoms with van der Waals surface area (Å²) in [4.78, 5) is 8.33. The van der Waals surface area contributed by atoms with E-state index in [0.29, 0.717) is 0 Å². The number of halogens is 3. The minimum absolute atomic E-state index is 0.261. The highest BCUT2D eigenvalue weighted by Gasteiger charge is 2.30. The molecule has 0 spiro atoms. The Bertz CT molecular complexity index is 859. The lowest BCUT2D eigenvalue weighted by Gasteiger charge is -2.08. The normalized spacial score (nSPS) is 12.0. The summed E-state index contributed by atoms with van der Waals surface area (Å²) in [6.07, 6.45) is 0.322. The third-order valence-electron chi connectivity index (χ3n) is 3.09. The number of nitrogens with zero attached hydrogens (tertiary/aromatic N) is 3. The van der Waals surface area contributed by atoms with Crippen LogP contribution in [0.4, 0.5) is 18.9 Å². The highest BCUT2D eigenvalue weighted by atomic mass is 19.4. The van der Waals surface area contributed by atoms with Crippen LogP contribution in [-0.2, 0) is 6.18 Å². The van der Waals surface area contributed by atoms with Crippen molar-refractivity contribution >= 4 is 22.9 Å². The minimum atomic E-state index is -4.38. The number of aromatic nitrogens is 2. The first-order chi connectivity index (χ1) is 11.0. The van der Waals surface area contributed by atoms with Crippen LogP contribution in [0.1, 0.15) is 11.1 Å². The largest absolute Gasteiger partial charge is 0.416 e. The first kappa shape index (κ1) is 15.0. The SMILES string of the molecule is FC(F)(F)c1cccc(N/N=C/c2ccc3nccnc3c2)c1. The average molecular weight is 316 g/mol. The molecule has 3 aromatic rings. The standard InChI is InChI=1S/C16H11F3N4/c17-16(18,19)12-2-1-3-13(9-12)23-22-10-11-4-5-14-15(8-11)21-7-6-20-14/h1-10,23H/b22-10+. The van der Waals surface area contributed by atoms with Crippen molar-refractivity contribution in [2.45, 2.75) is 6.18 Å². The van der Waals surface area contributed by atoms with Gasteiger partial charge in [0.2, 0.25) is 0 Å². The molecular formula is C16H11F3N4. The van der Waals surface area contributed by atoms with Crippen LogP contribution < -0.4 is 5.43 Å². The van der Waals surface area contributed by atoms with E-state index < -0.39 is 11.7 Å². The van der Waals surface area contributed by atoms with Crippen LogP contribution in [0, 0.1) is 0 Å². The Kier molecular flexibility index (Phi) is 3.92. The van der Waals surface area contributed by atoms with E-state index in [-0.39, 0.29) is 5.69 Å². The smallest absolute Gasteiger partial charge is 0.278 e. The van der Waals surface area contributed by atoms with Crippen LogP contribution in [0.2, 0.25) is 0 Å². The Morgan fingerprint density at radius 2 is 1.74 bits per heavy atom. The molecule has 0 saturated carbocycles. The van der Waals surface area contributed by atoms with Crippen molar-refractivity contribution in [3.05, 3.63) is 66.0 Å². The van der Waals surface area contributed by atoms with Gasteiger partial charge in [0.25, 0.3) is 0 Å². The van der Waals surface area contributed by atoms with Gasteiger partial charge in [-0.3, -0.25) is 15.4 Å². The molecule has 0 amide bonds. The summed E-state index contributed by atoms with van der Waals surface area (Å²) in [5.74, 6) is 0. The molecule has 0 unspecified atom stereocenters. The van der Waals surface area contributed by atoms with Gasteiger partial charge in [0.1, 0.15) is 0 Å². The second-order valence-corrected chi connectivity index (χ2v) is 4.75. The molecule has 0 aliphatic heterocycles. The van der Waals surface area contributed by atoms with Gasteiger partial charge in [-0.2, -0.15) is 18.3 Å². The Labute approximate surface area is 129 Å². The van der Waals surface area contributed by atoms with E-state index in [0.717, 1.165) is 28.7 Å². The van der Waals surface area contributed by atoms with Crippen molar-refractivity contribution in [2.24, 2.45) is 5.10 Å². The quantitative estimate of drug-likeness (QED) is 0.585. The fourth-order valence-corrected chi connectivity index (χ4v) is 2.01. The first-order valence-electron chi connectivity index (χ1n) is 6.69. The summed E-state index contributed by atoms with van der Waals surface area (Å²) in [6.45, 7) is 0. The Morgan fingerprint density at radius 3 is 2.52 bits per heavy atom. The number of fused-ring (bicyclic) bond motifs is 1. The predicted molar refractivity (Wildman–Crippen MR) is 82.2 cm³/mol. The van der Waals surface area contributed by atoms with Gasteiger partial charge in [0.05, 0.1) is 28.5 Å². The lowest BCUT2D eigenvalue weighted by molar-refractivity contribution is -0.137. The Balaban J connectivity index is 1.75. The van der Waals surface area contributed by atoms with Crippen LogP contribution in [0.5, 0.6) is 0 Å². The maximum absolute atomic E-state index is 12.6. The summed E-state index contributed by atoms with van der Waals surface area (Å²) in [7, 11) is 0. The molecule has 0 fully saturated rings. The molecule has 0 aliphatic rings. The van der Waals surface area contributed by atoms with E-state index in [1.165, 1.54) is 18.3 Å². The second kappa shape index (κ2) is 6.04. The number of nitrogens with one attached hydrogen (secondary N) is 1. The maximum atomic E-state index is 12.6. The summed E-state index contributed by atoms with van der Waals surface area (Å²) in [6, 6.07) is 10.2. The molecule has 0 bridgehead atoms. The maximum Gasteiger partial charge on any atom is 0.416 e. The van der Waals surface area contributed by atoms with E-state index in [4.69, 9.17) is 0 Å². The van der Waals surface area contributed by atoms with Gasteiger partial charge in [-0.1, -0.05) is 12.1 Å². The number of hydrazone groups is 1. The van der Waals surface area contributed by atoms with E-state index in [1.807, 2.05) is 0 Å². The number of anilines is 1. The summed E-state index contributed by atoms with van der Waals surface area (Å²) in [5.41, 5.74) is 4.36. The van der Waals surface area contributed by atoms with Crippen LogP contribution in [0.3, 0.4) is 0 Å². The number of benzene rings is 2. The van der Waals surface area contributed by atoms with Crippen LogP contribution in [-0.4, -0.2) is 16.2 Å². The zero-order valence-electron chi connectivity index (χ0n) is 11.7. The van der Waals surface area contributed by atoms with Crippen molar-refractivity contribution < 1.29 is 13.2 Å². The molecule has 3 rings (SSSR count). The van der Waals surface area contributed by atoms with Crippen molar-refractivity contribution in [2.75, 3.05) is 5.43 Å². The fourth-order valence-electron chi connectivity index (χ4n) is 2.01. The number of hydrogen-bond donors (Lipinski definition) is 1. The summed E-state index contributed by atoms with van der Waals surface area (Å²) < 4.78 is 37.9. The van der Waals surface area contributed by atoms with E-state index in [2.05, 4.69) is 20.5 Å². The van der Waals surface area contributed by atoms with Crippen molar-refractivity contribution in [3.63, 3.8) is 0 Å². The molecule has 7 heteroatoms. The van der Waals surface area contributed by atoms with Crippen LogP contribution in [0.15, 0.2) is 60.0 Å². The molecule has 1 N–H and O–H groups in total. The van der Waals surface area contributed by atoms with Gasteiger partial charge in [0.15, 0.2) is 0 Å². The van der Waals surface area contributed by atoms with Crippen molar-refractivity contribution in [1.82, 2.24) is 9.97 Å². The highest BCUT2D eigenvalue weighted by Crippen LogP contribution is 2.30. The molecule has 23 heavy (non-hydrogen) atoms. The van der Waals surface area contributed by atoms with Gasteiger partial charge in [-0.25, -0.2) is 0 Å². The number of rotatable bonds is 3.